The van der Waals surface area contributed by atoms with Crippen LogP contribution in [0.2, 0.25) is 0 Å². The van der Waals surface area contributed by atoms with E-state index in [0.717, 1.165) is 10.5 Å². The molecule has 0 spiro atoms. The number of carbonyl (C=O) groups excluding carboxylic acids is 4. The molecule has 0 aliphatic heterocycles. The number of carbonyl (C=O) groups is 4. The van der Waals surface area contributed by atoms with E-state index >= 15 is 0 Å². The Bertz CT molecular complexity index is 1200. The molecule has 196 valence electrons. The van der Waals surface area contributed by atoms with Gasteiger partial charge < -0.3 is 26.0 Å². The normalized spacial score (nSPS) is 12.4. The summed E-state index contributed by atoms with van der Waals surface area (Å²) in [5.41, 5.74) is 7.01. The van der Waals surface area contributed by atoms with E-state index in [0.29, 0.717) is 16.8 Å². The van der Waals surface area contributed by atoms with E-state index in [2.05, 4.69) is 10.6 Å². The van der Waals surface area contributed by atoms with Gasteiger partial charge in [-0.2, -0.15) is 5.26 Å². The highest BCUT2D eigenvalue weighted by Crippen LogP contribution is 2.27. The maximum absolute atomic E-state index is 13.7. The minimum atomic E-state index is -1.46. The molecule has 0 aromatic heterocycles. The van der Waals surface area contributed by atoms with Crippen molar-refractivity contribution in [3.8, 4) is 6.07 Å². The number of hydrogen-bond acceptors (Lipinski definition) is 6. The highest BCUT2D eigenvalue weighted by Gasteiger charge is 2.37. The van der Waals surface area contributed by atoms with E-state index in [1.54, 1.807) is 64.1 Å². The summed E-state index contributed by atoms with van der Waals surface area (Å²) in [5, 5.41) is 14.8. The zero-order valence-electron chi connectivity index (χ0n) is 21.7. The number of para-hydroxylation sites is 1. The fourth-order valence-corrected chi connectivity index (χ4v) is 3.68. The molecule has 0 aliphatic carbocycles. The molecule has 2 atom stereocenters. The maximum Gasteiger partial charge on any atom is 0.408 e. The van der Waals surface area contributed by atoms with Crippen LogP contribution in [0.4, 0.5) is 10.5 Å². The summed E-state index contributed by atoms with van der Waals surface area (Å²) in [7, 11) is 0. The van der Waals surface area contributed by atoms with Gasteiger partial charge in [-0.25, -0.2) is 4.79 Å². The van der Waals surface area contributed by atoms with Crippen molar-refractivity contribution < 1.29 is 23.9 Å². The third-order valence-electron chi connectivity index (χ3n) is 5.36. The van der Waals surface area contributed by atoms with Crippen LogP contribution in [0.15, 0.2) is 48.5 Å². The number of primary amides is 1. The molecular formula is C27H33N5O5. The van der Waals surface area contributed by atoms with Crippen LogP contribution in [0.5, 0.6) is 0 Å². The van der Waals surface area contributed by atoms with Gasteiger partial charge in [-0.05, 0) is 57.4 Å². The lowest BCUT2D eigenvalue weighted by atomic mass is 9.97. The molecule has 2 aromatic carbocycles. The predicted octanol–water partition coefficient (Wildman–Crippen LogP) is 3.10. The minimum Gasteiger partial charge on any atom is -0.444 e. The summed E-state index contributed by atoms with van der Waals surface area (Å²) < 4.78 is 5.23. The molecule has 0 radical (unpaired) electrons. The molecular weight excluding hydrogens is 474 g/mol. The number of benzene rings is 2. The number of nitrogens with two attached hydrogens (primary N) is 1. The smallest absolute Gasteiger partial charge is 0.408 e. The zero-order valence-corrected chi connectivity index (χ0v) is 21.7. The summed E-state index contributed by atoms with van der Waals surface area (Å²) in [6.45, 7) is 8.03. The van der Waals surface area contributed by atoms with Gasteiger partial charge >= 0.3 is 6.09 Å². The van der Waals surface area contributed by atoms with E-state index in [1.807, 2.05) is 25.1 Å². The first-order valence-corrected chi connectivity index (χ1v) is 11.7. The molecule has 0 heterocycles. The van der Waals surface area contributed by atoms with Crippen LogP contribution < -0.4 is 16.4 Å². The third-order valence-corrected chi connectivity index (χ3v) is 5.36. The lowest BCUT2D eigenvalue weighted by Gasteiger charge is -2.33. The molecule has 4 N–H and O–H groups in total. The van der Waals surface area contributed by atoms with Crippen LogP contribution in [0, 0.1) is 25.2 Å². The second kappa shape index (κ2) is 12.5. The lowest BCUT2D eigenvalue weighted by Crippen LogP contribution is -2.53. The molecule has 2 rings (SSSR count). The van der Waals surface area contributed by atoms with Crippen molar-refractivity contribution in [1.29, 1.82) is 5.26 Å². The lowest BCUT2D eigenvalue weighted by molar-refractivity contribution is -0.141. The summed E-state index contributed by atoms with van der Waals surface area (Å²) in [5.74, 6) is -2.26. The maximum atomic E-state index is 13.7. The van der Waals surface area contributed by atoms with Crippen LogP contribution in [0.25, 0.3) is 0 Å². The molecule has 0 aliphatic rings. The number of anilines is 1. The molecule has 2 aromatic rings. The molecule has 0 bridgehead atoms. The molecule has 0 saturated carbocycles. The number of rotatable bonds is 9. The Balaban J connectivity index is 2.54. The fourth-order valence-electron chi connectivity index (χ4n) is 3.68. The van der Waals surface area contributed by atoms with E-state index in [1.165, 1.54) is 0 Å². The number of alkyl carbamates (subject to hydrolysis) is 1. The first-order chi connectivity index (χ1) is 17.3. The minimum absolute atomic E-state index is 0.479. The number of ether oxygens (including phenoxy) is 1. The van der Waals surface area contributed by atoms with Gasteiger partial charge in [0.05, 0.1) is 12.5 Å². The van der Waals surface area contributed by atoms with Crippen molar-refractivity contribution in [2.75, 3.05) is 11.9 Å². The van der Waals surface area contributed by atoms with Crippen molar-refractivity contribution in [2.45, 2.75) is 58.7 Å². The second-order valence-electron chi connectivity index (χ2n) is 9.56. The monoisotopic (exact) mass is 507 g/mol. The fraction of sp³-hybridized carbons (Fsp3) is 0.370. The Kier molecular flexibility index (Phi) is 9.77. The highest BCUT2D eigenvalue weighted by molar-refractivity contribution is 6.00. The summed E-state index contributed by atoms with van der Waals surface area (Å²) in [6.07, 6.45) is -1.50. The second-order valence-corrected chi connectivity index (χ2v) is 9.56. The number of nitriles is 1. The van der Waals surface area contributed by atoms with Crippen LogP contribution in [0.3, 0.4) is 0 Å². The first kappa shape index (κ1) is 28.8. The highest BCUT2D eigenvalue weighted by atomic mass is 16.6. The van der Waals surface area contributed by atoms with E-state index in [4.69, 9.17) is 10.5 Å². The van der Waals surface area contributed by atoms with Crippen LogP contribution in [0.1, 0.15) is 49.9 Å². The van der Waals surface area contributed by atoms with E-state index in [-0.39, 0.29) is 0 Å². The van der Waals surface area contributed by atoms with Crippen molar-refractivity contribution in [3.05, 3.63) is 65.2 Å². The van der Waals surface area contributed by atoms with Gasteiger partial charge in [-0.1, -0.05) is 42.5 Å². The summed E-state index contributed by atoms with van der Waals surface area (Å²) >= 11 is 0. The van der Waals surface area contributed by atoms with E-state index in [9.17, 15) is 24.4 Å². The summed E-state index contributed by atoms with van der Waals surface area (Å²) in [4.78, 5) is 52.7. The number of aryl methyl sites for hydroxylation is 2. The first-order valence-electron chi connectivity index (χ1n) is 11.7. The van der Waals surface area contributed by atoms with Crippen molar-refractivity contribution >= 4 is 29.5 Å². The predicted molar refractivity (Wildman–Crippen MR) is 138 cm³/mol. The number of nitrogens with zero attached hydrogens (tertiary/aromatic N) is 2. The van der Waals surface area contributed by atoms with Crippen LogP contribution in [-0.4, -0.2) is 46.9 Å². The molecule has 10 nitrogen and oxygen atoms in total. The molecule has 2 unspecified atom stereocenters. The van der Waals surface area contributed by atoms with Gasteiger partial charge in [0, 0.05) is 5.69 Å². The Hall–Kier alpha value is -4.39. The van der Waals surface area contributed by atoms with Gasteiger partial charge in [0.25, 0.3) is 5.91 Å². The largest absolute Gasteiger partial charge is 0.444 e. The average molecular weight is 508 g/mol. The topological polar surface area (TPSA) is 155 Å². The molecule has 0 saturated heterocycles. The molecule has 0 fully saturated rings. The van der Waals surface area contributed by atoms with Gasteiger partial charge in [0.15, 0.2) is 0 Å². The quantitative estimate of drug-likeness (QED) is 0.443. The summed E-state index contributed by atoms with van der Waals surface area (Å²) in [6, 6.07) is 13.3. The SMILES string of the molecule is Cc1ccccc1NC(=O)C(c1ccccc1C)N(CC#N)C(=O)C(CC(N)=O)NC(=O)OC(C)(C)C. The number of hydrogen-bond donors (Lipinski definition) is 3. The van der Waals surface area contributed by atoms with E-state index < -0.39 is 54.5 Å². The molecule has 37 heavy (non-hydrogen) atoms. The Labute approximate surface area is 216 Å². The van der Waals surface area contributed by atoms with Gasteiger partial charge in [0.2, 0.25) is 11.8 Å². The Morgan fingerprint density at radius 1 is 1.03 bits per heavy atom. The van der Waals surface area contributed by atoms with Crippen molar-refractivity contribution in [1.82, 2.24) is 10.2 Å². The molecule has 10 heteroatoms. The van der Waals surface area contributed by atoms with Crippen LogP contribution >= 0.6 is 0 Å². The van der Waals surface area contributed by atoms with Crippen molar-refractivity contribution in [3.63, 3.8) is 0 Å². The number of nitrogens with one attached hydrogen (secondary N) is 2. The van der Waals surface area contributed by atoms with Crippen LogP contribution in [-0.2, 0) is 19.1 Å². The Morgan fingerprint density at radius 2 is 1.62 bits per heavy atom. The third kappa shape index (κ3) is 8.35. The molecule has 4 amide bonds. The zero-order chi connectivity index (χ0) is 27.8. The van der Waals surface area contributed by atoms with Gasteiger partial charge in [-0.15, -0.1) is 0 Å². The van der Waals surface area contributed by atoms with Gasteiger partial charge in [0.1, 0.15) is 24.2 Å². The van der Waals surface area contributed by atoms with Crippen molar-refractivity contribution in [2.24, 2.45) is 5.73 Å². The standard InChI is InChI=1S/C27H33N5O5/c1-17-10-6-8-12-19(17)23(24(34)30-20-13-9-7-11-18(20)2)32(15-14-28)25(35)21(16-22(29)33)31-26(36)37-27(3,4)5/h6-13,21,23H,15-16H2,1-5H3,(H2,29,33)(H,30,34)(H,31,36). The van der Waals surface area contributed by atoms with Gasteiger partial charge in [-0.3, -0.25) is 14.4 Å². The number of amides is 4. The average Bonchev–Trinajstić information content (AvgIpc) is 2.79. The Morgan fingerprint density at radius 3 is 2.16 bits per heavy atom.